The third kappa shape index (κ3) is 3.65. The Morgan fingerprint density at radius 1 is 1.37 bits per heavy atom. The number of hydrogen-bond acceptors (Lipinski definition) is 3. The van der Waals surface area contributed by atoms with Gasteiger partial charge in [-0.05, 0) is 39.7 Å². The number of nitrogens with two attached hydrogens (primary N) is 1. The fourth-order valence-electron chi connectivity index (χ4n) is 1.75. The lowest BCUT2D eigenvalue weighted by Gasteiger charge is -2.16. The lowest BCUT2D eigenvalue weighted by atomic mass is 10.1. The molecule has 1 aromatic carbocycles. The highest BCUT2D eigenvalue weighted by Crippen LogP contribution is 2.21. The first-order valence-electron chi connectivity index (χ1n) is 5.87. The Balaban J connectivity index is 2.05. The molecule has 19 heavy (non-hydrogen) atoms. The van der Waals surface area contributed by atoms with Crippen LogP contribution in [0.25, 0.3) is 0 Å². The van der Waals surface area contributed by atoms with Crippen molar-refractivity contribution >= 4 is 33.2 Å². The van der Waals surface area contributed by atoms with Crippen molar-refractivity contribution in [3.05, 3.63) is 56.2 Å². The molecule has 5 heteroatoms. The molecule has 0 aliphatic heterocycles. The normalized spacial score (nSPS) is 10.5. The van der Waals surface area contributed by atoms with Crippen molar-refractivity contribution in [3.8, 4) is 0 Å². The van der Waals surface area contributed by atoms with Crippen molar-refractivity contribution in [3.63, 3.8) is 0 Å². The number of carbonyl (C=O) groups is 1. The van der Waals surface area contributed by atoms with E-state index >= 15 is 0 Å². The number of benzene rings is 1. The Labute approximate surface area is 125 Å². The van der Waals surface area contributed by atoms with Crippen molar-refractivity contribution in [2.75, 3.05) is 7.05 Å². The fraction of sp³-hybridized carbons (Fsp3) is 0.214. The van der Waals surface area contributed by atoms with E-state index in [1.807, 2.05) is 42.8 Å². The molecule has 1 amide bonds. The van der Waals surface area contributed by atoms with Gasteiger partial charge < -0.3 is 10.6 Å². The summed E-state index contributed by atoms with van der Waals surface area (Å²) in [6.45, 7) is 1.11. The smallest absolute Gasteiger partial charge is 0.253 e. The van der Waals surface area contributed by atoms with Crippen LogP contribution in [-0.4, -0.2) is 17.9 Å². The maximum Gasteiger partial charge on any atom is 0.253 e. The highest BCUT2D eigenvalue weighted by atomic mass is 79.9. The van der Waals surface area contributed by atoms with Gasteiger partial charge in [0.25, 0.3) is 5.91 Å². The molecule has 0 atom stereocenters. The molecule has 3 nitrogen and oxygen atoms in total. The van der Waals surface area contributed by atoms with E-state index in [-0.39, 0.29) is 5.91 Å². The van der Waals surface area contributed by atoms with Gasteiger partial charge in [0.2, 0.25) is 0 Å². The molecule has 0 aliphatic rings. The summed E-state index contributed by atoms with van der Waals surface area (Å²) in [5.74, 6) is 0.0214. The van der Waals surface area contributed by atoms with Gasteiger partial charge in [0.15, 0.2) is 0 Å². The quantitative estimate of drug-likeness (QED) is 0.930. The van der Waals surface area contributed by atoms with Crippen molar-refractivity contribution in [2.24, 2.45) is 5.73 Å². The SMILES string of the molecule is CN(Cc1cc(Br)cs1)C(=O)c1ccc(CN)cc1. The van der Waals surface area contributed by atoms with Crippen LogP contribution in [0.1, 0.15) is 20.8 Å². The topological polar surface area (TPSA) is 46.3 Å². The Kier molecular flexibility index (Phi) is 4.74. The summed E-state index contributed by atoms with van der Waals surface area (Å²) in [5, 5.41) is 2.02. The van der Waals surface area contributed by atoms with E-state index in [1.54, 1.807) is 16.2 Å². The van der Waals surface area contributed by atoms with Gasteiger partial charge in [-0.3, -0.25) is 4.79 Å². The zero-order valence-corrected chi connectivity index (χ0v) is 13.0. The monoisotopic (exact) mass is 338 g/mol. The van der Waals surface area contributed by atoms with E-state index in [1.165, 1.54) is 0 Å². The Morgan fingerprint density at radius 3 is 2.58 bits per heavy atom. The largest absolute Gasteiger partial charge is 0.337 e. The molecule has 0 unspecified atom stereocenters. The second-order valence-corrected chi connectivity index (χ2v) is 6.20. The highest BCUT2D eigenvalue weighted by Gasteiger charge is 2.12. The van der Waals surface area contributed by atoms with Gasteiger partial charge in [0.1, 0.15) is 0 Å². The predicted molar refractivity (Wildman–Crippen MR) is 82.1 cm³/mol. The van der Waals surface area contributed by atoms with E-state index < -0.39 is 0 Å². The molecule has 0 radical (unpaired) electrons. The first-order valence-corrected chi connectivity index (χ1v) is 7.55. The average Bonchev–Trinajstić information content (AvgIpc) is 2.83. The zero-order valence-electron chi connectivity index (χ0n) is 10.6. The van der Waals surface area contributed by atoms with Crippen LogP contribution in [0.3, 0.4) is 0 Å². The van der Waals surface area contributed by atoms with E-state index in [0.29, 0.717) is 18.7 Å². The van der Waals surface area contributed by atoms with Crippen LogP contribution in [0.15, 0.2) is 40.2 Å². The minimum absolute atomic E-state index is 0.0214. The summed E-state index contributed by atoms with van der Waals surface area (Å²) in [6.07, 6.45) is 0. The van der Waals surface area contributed by atoms with Gasteiger partial charge in [-0.2, -0.15) is 0 Å². The summed E-state index contributed by atoms with van der Waals surface area (Å²) in [5.41, 5.74) is 7.26. The maximum absolute atomic E-state index is 12.2. The molecule has 0 aliphatic carbocycles. The Hall–Kier alpha value is -1.17. The van der Waals surface area contributed by atoms with Crippen molar-refractivity contribution in [1.29, 1.82) is 0 Å². The number of amides is 1. The first kappa shape index (κ1) is 14.2. The average molecular weight is 339 g/mol. The van der Waals surface area contributed by atoms with Crippen molar-refractivity contribution in [1.82, 2.24) is 4.90 Å². The number of rotatable bonds is 4. The summed E-state index contributed by atoms with van der Waals surface area (Å²) in [7, 11) is 1.81. The Morgan fingerprint density at radius 2 is 2.05 bits per heavy atom. The van der Waals surface area contributed by atoms with Gasteiger partial charge >= 0.3 is 0 Å². The second-order valence-electron chi connectivity index (χ2n) is 4.29. The molecule has 0 bridgehead atoms. The van der Waals surface area contributed by atoms with Crippen LogP contribution in [0.5, 0.6) is 0 Å². The van der Waals surface area contributed by atoms with Crippen LogP contribution in [0.4, 0.5) is 0 Å². The number of halogens is 1. The van der Waals surface area contributed by atoms with E-state index in [2.05, 4.69) is 15.9 Å². The molecule has 1 heterocycles. The lowest BCUT2D eigenvalue weighted by molar-refractivity contribution is 0.0786. The van der Waals surface area contributed by atoms with Gasteiger partial charge in [0, 0.05) is 33.9 Å². The van der Waals surface area contributed by atoms with E-state index in [9.17, 15) is 4.79 Å². The number of hydrogen-bond donors (Lipinski definition) is 1. The molecule has 0 fully saturated rings. The zero-order chi connectivity index (χ0) is 13.8. The number of nitrogens with zero attached hydrogens (tertiary/aromatic N) is 1. The summed E-state index contributed by atoms with van der Waals surface area (Å²) >= 11 is 5.05. The summed E-state index contributed by atoms with van der Waals surface area (Å²) < 4.78 is 1.06. The number of carbonyl (C=O) groups excluding carboxylic acids is 1. The molecular weight excluding hydrogens is 324 g/mol. The van der Waals surface area contributed by atoms with Crippen molar-refractivity contribution in [2.45, 2.75) is 13.1 Å². The molecule has 2 aromatic rings. The first-order chi connectivity index (χ1) is 9.10. The van der Waals surface area contributed by atoms with E-state index in [4.69, 9.17) is 5.73 Å². The minimum Gasteiger partial charge on any atom is -0.337 e. The number of thiophene rings is 1. The van der Waals surface area contributed by atoms with Crippen LogP contribution in [0.2, 0.25) is 0 Å². The van der Waals surface area contributed by atoms with Gasteiger partial charge in [-0.15, -0.1) is 11.3 Å². The van der Waals surface area contributed by atoms with Gasteiger partial charge in [-0.1, -0.05) is 12.1 Å². The maximum atomic E-state index is 12.2. The van der Waals surface area contributed by atoms with Crippen LogP contribution >= 0.6 is 27.3 Å². The molecule has 0 spiro atoms. The molecule has 100 valence electrons. The van der Waals surface area contributed by atoms with Gasteiger partial charge in [-0.25, -0.2) is 0 Å². The highest BCUT2D eigenvalue weighted by molar-refractivity contribution is 9.10. The van der Waals surface area contributed by atoms with Crippen molar-refractivity contribution < 1.29 is 4.79 Å². The molecular formula is C14H15BrN2OS. The van der Waals surface area contributed by atoms with Gasteiger partial charge in [0.05, 0.1) is 6.54 Å². The third-order valence-electron chi connectivity index (χ3n) is 2.80. The standard InChI is InChI=1S/C14H15BrN2OS/c1-17(8-13-6-12(15)9-19-13)14(18)11-4-2-10(7-16)3-5-11/h2-6,9H,7-8,16H2,1H3. The third-order valence-corrected chi connectivity index (χ3v) is 4.48. The predicted octanol–water partition coefficient (Wildman–Crippen LogP) is 3.24. The van der Waals surface area contributed by atoms with E-state index in [0.717, 1.165) is 14.9 Å². The van der Waals surface area contributed by atoms with Crippen LogP contribution in [-0.2, 0) is 13.1 Å². The fourth-order valence-corrected chi connectivity index (χ4v) is 3.25. The summed E-state index contributed by atoms with van der Waals surface area (Å²) in [6, 6.07) is 9.47. The van der Waals surface area contributed by atoms with Crippen LogP contribution < -0.4 is 5.73 Å². The summed E-state index contributed by atoms with van der Waals surface area (Å²) in [4.78, 5) is 15.1. The minimum atomic E-state index is 0.0214. The molecule has 1 aromatic heterocycles. The lowest BCUT2D eigenvalue weighted by Crippen LogP contribution is -2.25. The molecule has 0 saturated carbocycles. The van der Waals surface area contributed by atoms with Crippen LogP contribution in [0, 0.1) is 0 Å². The molecule has 2 rings (SSSR count). The Bertz CT molecular complexity index is 565. The second kappa shape index (κ2) is 6.32. The molecule has 0 saturated heterocycles. The molecule has 2 N–H and O–H groups in total.